The zero-order valence-corrected chi connectivity index (χ0v) is 17.4. The summed E-state index contributed by atoms with van der Waals surface area (Å²) in [5, 5.41) is 99.2. The van der Waals surface area contributed by atoms with Crippen LogP contribution in [0, 0.1) is 0 Å². The minimum atomic E-state index is -1.80. The highest BCUT2D eigenvalue weighted by molar-refractivity contribution is 4.95. The minimum absolute atomic E-state index is 0.345. The van der Waals surface area contributed by atoms with Crippen LogP contribution in [0.2, 0.25) is 0 Å². The summed E-state index contributed by atoms with van der Waals surface area (Å²) in [6.07, 6.45) is -21.7. The van der Waals surface area contributed by atoms with Crippen molar-refractivity contribution < 1.29 is 74.7 Å². The van der Waals surface area contributed by atoms with Gasteiger partial charge in [-0.3, -0.25) is 0 Å². The zero-order chi connectivity index (χ0) is 24.4. The third-order valence-corrected chi connectivity index (χ3v) is 6.01. The fraction of sp³-hybridized carbons (Fsp3) is 1.00. The summed E-state index contributed by atoms with van der Waals surface area (Å²) in [5.74, 6) is 0. The molecule has 0 aromatic carbocycles. The molecule has 15 heteroatoms. The van der Waals surface area contributed by atoms with Crippen molar-refractivity contribution in [1.29, 1.82) is 0 Å². The Morgan fingerprint density at radius 3 is 1.39 bits per heavy atom. The summed E-state index contributed by atoms with van der Waals surface area (Å²) in [4.78, 5) is 0. The van der Waals surface area contributed by atoms with Gasteiger partial charge in [0.05, 0.1) is 26.4 Å². The first-order chi connectivity index (χ1) is 15.6. The molecule has 0 aliphatic carbocycles. The molecule has 15 nitrogen and oxygen atoms in total. The molecule has 0 amide bonds. The number of ether oxygens (including phenoxy) is 5. The van der Waals surface area contributed by atoms with Crippen LogP contribution >= 0.6 is 0 Å². The van der Waals surface area contributed by atoms with E-state index in [1.54, 1.807) is 0 Å². The molecule has 0 radical (unpaired) electrons. The largest absolute Gasteiger partial charge is 0.394 e. The predicted molar refractivity (Wildman–Crippen MR) is 100 cm³/mol. The van der Waals surface area contributed by atoms with Crippen molar-refractivity contribution in [3.63, 3.8) is 0 Å². The van der Waals surface area contributed by atoms with E-state index in [1.807, 2.05) is 0 Å². The van der Waals surface area contributed by atoms with Gasteiger partial charge in [0, 0.05) is 0 Å². The van der Waals surface area contributed by atoms with Gasteiger partial charge in [-0.25, -0.2) is 0 Å². The van der Waals surface area contributed by atoms with E-state index in [-0.39, 0.29) is 6.61 Å². The molecule has 0 aromatic heterocycles. The Balaban J connectivity index is 1.80. The first-order valence-corrected chi connectivity index (χ1v) is 10.5. The second-order valence-corrected chi connectivity index (χ2v) is 8.22. The maximum Gasteiger partial charge on any atom is 0.187 e. The molecule has 14 atom stereocenters. The normalized spacial score (nSPS) is 51.5. The summed E-state index contributed by atoms with van der Waals surface area (Å²) in [6.45, 7) is -2.43. The Labute approximate surface area is 187 Å². The Morgan fingerprint density at radius 1 is 0.545 bits per heavy atom. The monoisotopic (exact) mass is 488 g/mol. The van der Waals surface area contributed by atoms with Crippen molar-refractivity contribution in [2.45, 2.75) is 85.8 Å². The van der Waals surface area contributed by atoms with Gasteiger partial charge >= 0.3 is 0 Å². The summed E-state index contributed by atoms with van der Waals surface area (Å²) >= 11 is 0. The van der Waals surface area contributed by atoms with Gasteiger partial charge in [0.15, 0.2) is 12.6 Å². The molecular weight excluding hydrogens is 456 g/mol. The van der Waals surface area contributed by atoms with Crippen LogP contribution in [0.1, 0.15) is 0 Å². The number of rotatable bonds is 7. The van der Waals surface area contributed by atoms with Gasteiger partial charge in [0.25, 0.3) is 0 Å². The first-order valence-electron chi connectivity index (χ1n) is 10.5. The Kier molecular flexibility index (Phi) is 9.35. The lowest BCUT2D eigenvalue weighted by Gasteiger charge is -2.47. The van der Waals surface area contributed by atoms with Crippen molar-refractivity contribution in [3.8, 4) is 0 Å². The lowest BCUT2D eigenvalue weighted by molar-refractivity contribution is -0.365. The van der Waals surface area contributed by atoms with Gasteiger partial charge in [-0.05, 0) is 0 Å². The molecule has 3 saturated heterocycles. The fourth-order valence-electron chi connectivity index (χ4n) is 4.00. The number of aliphatic hydroxyl groups is 10. The molecular formula is C18H32O15. The Bertz CT molecular complexity index is 607. The third-order valence-electron chi connectivity index (χ3n) is 6.01. The van der Waals surface area contributed by atoms with Crippen LogP contribution in [0.3, 0.4) is 0 Å². The minimum Gasteiger partial charge on any atom is -0.394 e. The highest BCUT2D eigenvalue weighted by Gasteiger charge is 2.51. The topological polar surface area (TPSA) is 248 Å². The molecule has 3 rings (SSSR count). The predicted octanol–water partition coefficient (Wildman–Crippen LogP) is -6.89. The van der Waals surface area contributed by atoms with Crippen molar-refractivity contribution >= 4 is 0 Å². The molecule has 3 fully saturated rings. The summed E-state index contributed by atoms with van der Waals surface area (Å²) in [6, 6.07) is 0. The van der Waals surface area contributed by atoms with Gasteiger partial charge in [0.2, 0.25) is 0 Å². The molecule has 3 aliphatic heterocycles. The molecule has 1 unspecified atom stereocenters. The lowest BCUT2D eigenvalue weighted by atomic mass is 9.96. The van der Waals surface area contributed by atoms with Gasteiger partial charge < -0.3 is 74.7 Å². The van der Waals surface area contributed by atoms with E-state index in [0.29, 0.717) is 0 Å². The van der Waals surface area contributed by atoms with Crippen molar-refractivity contribution in [3.05, 3.63) is 0 Å². The van der Waals surface area contributed by atoms with E-state index in [4.69, 9.17) is 23.7 Å². The van der Waals surface area contributed by atoms with Crippen LogP contribution in [0.5, 0.6) is 0 Å². The van der Waals surface area contributed by atoms with Crippen molar-refractivity contribution in [2.75, 3.05) is 26.4 Å². The molecule has 33 heavy (non-hydrogen) atoms. The molecule has 0 bridgehead atoms. The highest BCUT2D eigenvalue weighted by atomic mass is 16.7. The maximum atomic E-state index is 10.5. The van der Waals surface area contributed by atoms with Crippen LogP contribution < -0.4 is 0 Å². The van der Waals surface area contributed by atoms with E-state index in [0.717, 1.165) is 0 Å². The van der Waals surface area contributed by atoms with Crippen LogP contribution in [0.15, 0.2) is 0 Å². The second kappa shape index (κ2) is 11.4. The van der Waals surface area contributed by atoms with E-state index < -0.39 is 106 Å². The second-order valence-electron chi connectivity index (χ2n) is 8.22. The average Bonchev–Trinajstić information content (AvgIpc) is 2.81. The summed E-state index contributed by atoms with van der Waals surface area (Å²) in [7, 11) is 0. The van der Waals surface area contributed by atoms with Crippen LogP contribution in [-0.2, 0) is 23.7 Å². The quantitative estimate of drug-likeness (QED) is 0.160. The first kappa shape index (κ1) is 27.0. The number of hydrogen-bond donors (Lipinski definition) is 10. The zero-order valence-electron chi connectivity index (χ0n) is 17.4. The van der Waals surface area contributed by atoms with Gasteiger partial charge in [-0.1, -0.05) is 0 Å². The number of aliphatic hydroxyl groups excluding tert-OH is 10. The van der Waals surface area contributed by atoms with Gasteiger partial charge in [-0.2, -0.15) is 0 Å². The van der Waals surface area contributed by atoms with Gasteiger partial charge in [-0.15, -0.1) is 0 Å². The van der Waals surface area contributed by atoms with Crippen LogP contribution in [-0.4, -0.2) is 163 Å². The molecule has 194 valence electrons. The molecule has 3 aliphatic rings. The van der Waals surface area contributed by atoms with Crippen LogP contribution in [0.25, 0.3) is 0 Å². The van der Waals surface area contributed by atoms with E-state index in [2.05, 4.69) is 0 Å². The fourth-order valence-corrected chi connectivity index (χ4v) is 4.00. The Morgan fingerprint density at radius 2 is 0.970 bits per heavy atom. The number of hydrogen-bond acceptors (Lipinski definition) is 15. The van der Waals surface area contributed by atoms with E-state index >= 15 is 0 Å². The molecule has 0 saturated carbocycles. The third kappa shape index (κ3) is 5.48. The maximum absolute atomic E-state index is 10.5. The van der Waals surface area contributed by atoms with Crippen molar-refractivity contribution in [1.82, 2.24) is 0 Å². The van der Waals surface area contributed by atoms with Crippen LogP contribution in [0.4, 0.5) is 0 Å². The molecule has 0 aromatic rings. The van der Waals surface area contributed by atoms with E-state index in [9.17, 15) is 51.1 Å². The molecule has 0 spiro atoms. The van der Waals surface area contributed by atoms with E-state index in [1.165, 1.54) is 0 Å². The Hall–Kier alpha value is -0.600. The molecule has 10 N–H and O–H groups in total. The molecule has 3 heterocycles. The smallest absolute Gasteiger partial charge is 0.187 e. The standard InChI is InChI=1S/C18H32O15/c19-1-6-9(23)11(25)13(27)17(30-6)32-15-5(22)4-29-8(3-21)16(15)33-18-14(28)12(26)10(24)7(2-20)31-18/h5-28H,1-4H2/t5-,6+,7+,8+,9+,10+,11?,12-,13+,14+,15+,16+,17-,18-/m1/s1. The van der Waals surface area contributed by atoms with Crippen molar-refractivity contribution in [2.24, 2.45) is 0 Å². The lowest BCUT2D eigenvalue weighted by Crippen LogP contribution is -2.65. The highest BCUT2D eigenvalue weighted by Crippen LogP contribution is 2.31. The summed E-state index contributed by atoms with van der Waals surface area (Å²) in [5.41, 5.74) is 0. The average molecular weight is 488 g/mol. The summed E-state index contributed by atoms with van der Waals surface area (Å²) < 4.78 is 27.1. The van der Waals surface area contributed by atoms with Gasteiger partial charge in [0.1, 0.15) is 73.2 Å². The SMILES string of the molecule is OC[C@@H]1O[C@H](O[C@@H]2[C@@H](O[C@H]3O[C@@H](CO)[C@H](O)C(O)[C@@H]3O)[C@H](O)CO[C@H]2CO)[C@@H](O)[C@H](O)[C@H]1O.